The summed E-state index contributed by atoms with van der Waals surface area (Å²) >= 11 is 0. The molecule has 2 N–H and O–H groups in total. The molecule has 6 heteroatoms. The van der Waals surface area contributed by atoms with Crippen LogP contribution in [0.4, 0.5) is 0 Å². The predicted molar refractivity (Wildman–Crippen MR) is 66.4 cm³/mol. The van der Waals surface area contributed by atoms with Crippen LogP contribution in [0.2, 0.25) is 0 Å². The van der Waals surface area contributed by atoms with Gasteiger partial charge in [-0.15, -0.1) is 0 Å². The largest absolute Gasteiger partial charge is 0.493 e. The van der Waals surface area contributed by atoms with Gasteiger partial charge in [-0.2, -0.15) is 0 Å². The van der Waals surface area contributed by atoms with Gasteiger partial charge < -0.3 is 14.2 Å². The van der Waals surface area contributed by atoms with Gasteiger partial charge in [0.15, 0.2) is 11.5 Å². The molecule has 0 aliphatic carbocycles. The molecule has 1 amide bonds. The van der Waals surface area contributed by atoms with Crippen molar-refractivity contribution in [3.05, 3.63) is 17.7 Å². The van der Waals surface area contributed by atoms with Crippen LogP contribution in [-0.2, 0) is 11.2 Å². The Kier molecular flexibility index (Phi) is 5.26. The number of nitrogens with zero attached hydrogens (tertiary/aromatic N) is 1. The number of carbonyl (C=O) groups excluding carboxylic acids is 1. The molecule has 1 aromatic rings. The molecule has 0 aliphatic rings. The number of rotatable bonds is 7. The highest BCUT2D eigenvalue weighted by molar-refractivity contribution is 5.54. The van der Waals surface area contributed by atoms with E-state index in [1.807, 2.05) is 12.1 Å². The normalized spacial score (nSPS) is 9.78. The number of ether oxygens (including phenoxy) is 3. The maximum Gasteiger partial charge on any atom is 0.327 e. The second-order valence-electron chi connectivity index (χ2n) is 3.57. The Morgan fingerprint density at radius 2 is 1.72 bits per heavy atom. The van der Waals surface area contributed by atoms with Crippen LogP contribution >= 0.6 is 0 Å². The Balaban J connectivity index is 2.96. The van der Waals surface area contributed by atoms with Gasteiger partial charge in [0.05, 0.1) is 21.3 Å². The summed E-state index contributed by atoms with van der Waals surface area (Å²) in [4.78, 5) is 10.3. The number of hydrazine groups is 1. The van der Waals surface area contributed by atoms with Crippen molar-refractivity contribution in [1.82, 2.24) is 5.01 Å². The lowest BCUT2D eigenvalue weighted by molar-refractivity contribution is 0.323. The lowest BCUT2D eigenvalue weighted by Gasteiger charge is -2.15. The molecule has 0 saturated heterocycles. The summed E-state index contributed by atoms with van der Waals surface area (Å²) in [6.45, 7) is 0.363. The Labute approximate surface area is 106 Å². The molecular formula is C12H17N2O4. The maximum atomic E-state index is 10.3. The topological polar surface area (TPSA) is 74.0 Å². The van der Waals surface area contributed by atoms with Crippen LogP contribution in [0, 0.1) is 0 Å². The maximum absolute atomic E-state index is 10.3. The molecule has 0 aliphatic heterocycles. The van der Waals surface area contributed by atoms with Crippen molar-refractivity contribution in [3.8, 4) is 17.2 Å². The number of amides is 1. The molecule has 99 valence electrons. The van der Waals surface area contributed by atoms with Gasteiger partial charge in [0, 0.05) is 6.54 Å². The first-order valence-electron chi connectivity index (χ1n) is 5.35. The lowest BCUT2D eigenvalue weighted by atomic mass is 10.1. The average molecular weight is 253 g/mol. The minimum Gasteiger partial charge on any atom is -0.493 e. The smallest absolute Gasteiger partial charge is 0.327 e. The van der Waals surface area contributed by atoms with E-state index in [2.05, 4.69) is 0 Å². The van der Waals surface area contributed by atoms with Gasteiger partial charge in [-0.1, -0.05) is 0 Å². The minimum absolute atomic E-state index is 0.363. The van der Waals surface area contributed by atoms with Gasteiger partial charge >= 0.3 is 6.41 Å². The standard InChI is InChI=1S/C12H17N2O4/c1-16-10-6-9(4-5-14(13)8-15)7-11(17-2)12(10)18-3/h6-7H,4-5,13H2,1-3H3. The van der Waals surface area contributed by atoms with Gasteiger partial charge in [-0.3, -0.25) is 9.80 Å². The van der Waals surface area contributed by atoms with E-state index >= 15 is 0 Å². The van der Waals surface area contributed by atoms with Crippen molar-refractivity contribution in [2.24, 2.45) is 5.84 Å². The number of nitrogens with two attached hydrogens (primary N) is 1. The SMILES string of the molecule is COc1cc(CCN(N)[C]=O)cc(OC)c1OC. The molecule has 1 radical (unpaired) electrons. The summed E-state index contributed by atoms with van der Waals surface area (Å²) in [6, 6.07) is 3.64. The quantitative estimate of drug-likeness (QED) is 0.331. The number of hydrogen-bond donors (Lipinski definition) is 1. The van der Waals surface area contributed by atoms with Gasteiger partial charge in [0.1, 0.15) is 0 Å². The first kappa shape index (κ1) is 14.1. The van der Waals surface area contributed by atoms with Gasteiger partial charge in [0.25, 0.3) is 0 Å². The van der Waals surface area contributed by atoms with Gasteiger partial charge in [-0.05, 0) is 24.1 Å². The summed E-state index contributed by atoms with van der Waals surface area (Å²) in [6.07, 6.45) is 2.16. The zero-order valence-electron chi connectivity index (χ0n) is 10.7. The summed E-state index contributed by atoms with van der Waals surface area (Å²) in [5, 5.41) is 0.961. The molecule has 0 saturated carbocycles. The fourth-order valence-electron chi connectivity index (χ4n) is 1.57. The third-order valence-corrected chi connectivity index (χ3v) is 2.48. The van der Waals surface area contributed by atoms with Crippen LogP contribution in [0.25, 0.3) is 0 Å². The fourth-order valence-corrected chi connectivity index (χ4v) is 1.57. The highest BCUT2D eigenvalue weighted by Crippen LogP contribution is 2.38. The van der Waals surface area contributed by atoms with E-state index in [1.165, 1.54) is 0 Å². The number of methoxy groups -OCH3 is 3. The first-order valence-corrected chi connectivity index (χ1v) is 5.35. The molecule has 0 atom stereocenters. The number of hydrogen-bond acceptors (Lipinski definition) is 5. The lowest BCUT2D eigenvalue weighted by Crippen LogP contribution is -2.31. The molecule has 0 spiro atoms. The van der Waals surface area contributed by atoms with Gasteiger partial charge in [-0.25, -0.2) is 5.84 Å². The van der Waals surface area contributed by atoms with E-state index in [9.17, 15) is 4.79 Å². The molecule has 0 aromatic heterocycles. The second kappa shape index (κ2) is 6.70. The van der Waals surface area contributed by atoms with Crippen LogP contribution in [0.3, 0.4) is 0 Å². The molecular weight excluding hydrogens is 236 g/mol. The summed E-state index contributed by atoms with van der Waals surface area (Å²) < 4.78 is 15.7. The van der Waals surface area contributed by atoms with Crippen molar-refractivity contribution in [2.45, 2.75) is 6.42 Å². The Morgan fingerprint density at radius 1 is 1.17 bits per heavy atom. The zero-order chi connectivity index (χ0) is 13.5. The van der Waals surface area contributed by atoms with Crippen LogP contribution in [-0.4, -0.2) is 39.3 Å². The monoisotopic (exact) mass is 253 g/mol. The van der Waals surface area contributed by atoms with Crippen molar-refractivity contribution in [2.75, 3.05) is 27.9 Å². The Bertz CT molecular complexity index is 384. The minimum atomic E-state index is 0.363. The van der Waals surface area contributed by atoms with E-state index in [-0.39, 0.29) is 0 Å². The molecule has 0 bridgehead atoms. The van der Waals surface area contributed by atoms with Crippen LogP contribution in [0.1, 0.15) is 5.56 Å². The van der Waals surface area contributed by atoms with Crippen molar-refractivity contribution >= 4 is 6.41 Å². The molecule has 0 unspecified atom stereocenters. The molecule has 18 heavy (non-hydrogen) atoms. The van der Waals surface area contributed by atoms with E-state index in [0.717, 1.165) is 10.6 Å². The van der Waals surface area contributed by atoms with Crippen molar-refractivity contribution < 1.29 is 19.0 Å². The number of benzene rings is 1. The molecule has 1 rings (SSSR count). The zero-order valence-corrected chi connectivity index (χ0v) is 10.7. The molecule has 0 fully saturated rings. The third-order valence-electron chi connectivity index (χ3n) is 2.48. The van der Waals surface area contributed by atoms with E-state index in [0.29, 0.717) is 30.2 Å². The summed E-state index contributed by atoms with van der Waals surface area (Å²) in [5.41, 5.74) is 0.926. The highest BCUT2D eigenvalue weighted by Gasteiger charge is 2.13. The fraction of sp³-hybridized carbons (Fsp3) is 0.417. The van der Waals surface area contributed by atoms with Crippen LogP contribution in [0.15, 0.2) is 12.1 Å². The van der Waals surface area contributed by atoms with Crippen LogP contribution < -0.4 is 20.1 Å². The molecule has 1 aromatic carbocycles. The highest BCUT2D eigenvalue weighted by atomic mass is 16.5. The molecule has 6 nitrogen and oxygen atoms in total. The Hall–Kier alpha value is -1.95. The Morgan fingerprint density at radius 3 is 2.11 bits per heavy atom. The van der Waals surface area contributed by atoms with Gasteiger partial charge in [0.2, 0.25) is 5.75 Å². The van der Waals surface area contributed by atoms with Crippen molar-refractivity contribution in [1.29, 1.82) is 0 Å². The molecule has 0 heterocycles. The summed E-state index contributed by atoms with van der Waals surface area (Å²) in [7, 11) is 4.65. The van der Waals surface area contributed by atoms with Crippen LogP contribution in [0.5, 0.6) is 17.2 Å². The second-order valence-corrected chi connectivity index (χ2v) is 3.57. The first-order chi connectivity index (χ1) is 8.65. The third kappa shape index (κ3) is 3.27. The average Bonchev–Trinajstić information content (AvgIpc) is 2.43. The van der Waals surface area contributed by atoms with Crippen molar-refractivity contribution in [3.63, 3.8) is 0 Å². The van der Waals surface area contributed by atoms with E-state index in [1.54, 1.807) is 27.7 Å². The van der Waals surface area contributed by atoms with E-state index in [4.69, 9.17) is 20.1 Å². The predicted octanol–water partition coefficient (Wildman–Crippen LogP) is 0.498. The summed E-state index contributed by atoms with van der Waals surface area (Å²) in [5.74, 6) is 7.03. The van der Waals surface area contributed by atoms with E-state index < -0.39 is 0 Å².